The molecule has 1 amide bonds. The van der Waals surface area contributed by atoms with E-state index in [-0.39, 0.29) is 11.9 Å². The third-order valence-corrected chi connectivity index (χ3v) is 3.80. The van der Waals surface area contributed by atoms with Gasteiger partial charge < -0.3 is 16.0 Å². The van der Waals surface area contributed by atoms with Gasteiger partial charge in [0.15, 0.2) is 0 Å². The van der Waals surface area contributed by atoms with Crippen molar-refractivity contribution >= 4 is 5.91 Å². The summed E-state index contributed by atoms with van der Waals surface area (Å²) in [7, 11) is 2.10. The summed E-state index contributed by atoms with van der Waals surface area (Å²) in [5.41, 5.74) is 7.17. The summed E-state index contributed by atoms with van der Waals surface area (Å²) in [6, 6.07) is 10.4. The van der Waals surface area contributed by atoms with Crippen molar-refractivity contribution in [1.82, 2.24) is 10.2 Å². The fourth-order valence-electron chi connectivity index (χ4n) is 2.06. The molecule has 0 bridgehead atoms. The topological polar surface area (TPSA) is 58.4 Å². The molecule has 0 aliphatic heterocycles. The van der Waals surface area contributed by atoms with Crippen LogP contribution in [0.3, 0.4) is 0 Å². The summed E-state index contributed by atoms with van der Waals surface area (Å²) >= 11 is 0. The zero-order valence-corrected chi connectivity index (χ0v) is 13.5. The number of carbonyl (C=O) groups excluding carboxylic acids is 1. The molecule has 0 saturated heterocycles. The Balaban J connectivity index is 2.14. The van der Waals surface area contributed by atoms with Crippen LogP contribution in [0.5, 0.6) is 0 Å². The third-order valence-electron chi connectivity index (χ3n) is 3.80. The zero-order valence-electron chi connectivity index (χ0n) is 13.5. The third kappa shape index (κ3) is 7.25. The van der Waals surface area contributed by atoms with Crippen molar-refractivity contribution in [3.8, 4) is 0 Å². The minimum Gasteiger partial charge on any atom is -0.356 e. The second-order valence-electron chi connectivity index (χ2n) is 5.83. The summed E-state index contributed by atoms with van der Waals surface area (Å²) in [6.45, 7) is 6.07. The number of benzene rings is 1. The van der Waals surface area contributed by atoms with Gasteiger partial charge in [-0.25, -0.2) is 0 Å². The Morgan fingerprint density at radius 3 is 2.57 bits per heavy atom. The monoisotopic (exact) mass is 291 g/mol. The lowest BCUT2D eigenvalue weighted by Crippen LogP contribution is -2.31. The van der Waals surface area contributed by atoms with Crippen molar-refractivity contribution in [1.29, 1.82) is 0 Å². The van der Waals surface area contributed by atoms with E-state index >= 15 is 0 Å². The van der Waals surface area contributed by atoms with E-state index in [0.29, 0.717) is 18.9 Å². The SMILES string of the molecule is CC(C)N(C)CCCNC(=O)CCC(N)c1ccccc1. The van der Waals surface area contributed by atoms with Crippen LogP contribution in [0.4, 0.5) is 0 Å². The van der Waals surface area contributed by atoms with Gasteiger partial charge in [-0.15, -0.1) is 0 Å². The highest BCUT2D eigenvalue weighted by Gasteiger charge is 2.09. The minimum atomic E-state index is -0.0657. The van der Waals surface area contributed by atoms with Gasteiger partial charge >= 0.3 is 0 Å². The molecule has 0 aliphatic carbocycles. The Labute approximate surface area is 128 Å². The van der Waals surface area contributed by atoms with E-state index in [1.54, 1.807) is 0 Å². The molecule has 0 saturated carbocycles. The molecule has 0 spiro atoms. The highest BCUT2D eigenvalue weighted by atomic mass is 16.1. The molecule has 0 fully saturated rings. The van der Waals surface area contributed by atoms with Crippen LogP contribution in [0.2, 0.25) is 0 Å². The fraction of sp³-hybridized carbons (Fsp3) is 0.588. The molecular weight excluding hydrogens is 262 g/mol. The molecule has 4 heteroatoms. The average molecular weight is 291 g/mol. The molecule has 0 aromatic heterocycles. The molecule has 4 nitrogen and oxygen atoms in total. The summed E-state index contributed by atoms with van der Waals surface area (Å²) in [4.78, 5) is 14.1. The molecule has 1 aromatic carbocycles. The average Bonchev–Trinajstić information content (AvgIpc) is 2.49. The molecule has 1 aromatic rings. The maximum atomic E-state index is 11.8. The number of carbonyl (C=O) groups is 1. The molecule has 0 heterocycles. The quantitative estimate of drug-likeness (QED) is 0.686. The molecule has 3 N–H and O–H groups in total. The Hall–Kier alpha value is -1.39. The van der Waals surface area contributed by atoms with Gasteiger partial charge in [-0.2, -0.15) is 0 Å². The Bertz CT molecular complexity index is 406. The van der Waals surface area contributed by atoms with Crippen LogP contribution < -0.4 is 11.1 Å². The van der Waals surface area contributed by atoms with E-state index in [2.05, 4.69) is 31.1 Å². The van der Waals surface area contributed by atoms with Gasteiger partial charge in [0.2, 0.25) is 5.91 Å². The summed E-state index contributed by atoms with van der Waals surface area (Å²) < 4.78 is 0. The number of nitrogens with two attached hydrogens (primary N) is 1. The van der Waals surface area contributed by atoms with E-state index in [0.717, 1.165) is 25.1 Å². The Morgan fingerprint density at radius 2 is 1.95 bits per heavy atom. The normalized spacial score (nSPS) is 12.7. The van der Waals surface area contributed by atoms with Crippen LogP contribution >= 0.6 is 0 Å². The first kappa shape index (κ1) is 17.7. The van der Waals surface area contributed by atoms with Crippen LogP contribution in [0, 0.1) is 0 Å². The highest BCUT2D eigenvalue weighted by molar-refractivity contribution is 5.75. The highest BCUT2D eigenvalue weighted by Crippen LogP contribution is 2.14. The summed E-state index contributed by atoms with van der Waals surface area (Å²) in [5, 5.41) is 2.96. The minimum absolute atomic E-state index is 0.0657. The Kier molecular flexibility index (Phi) is 8.01. The van der Waals surface area contributed by atoms with E-state index < -0.39 is 0 Å². The predicted octanol–water partition coefficient (Wildman–Crippen LogP) is 2.31. The van der Waals surface area contributed by atoms with Gasteiger partial charge in [-0.05, 0) is 45.8 Å². The molecule has 0 radical (unpaired) electrons. The standard InChI is InChI=1S/C17H29N3O/c1-14(2)20(3)13-7-12-19-17(21)11-10-16(18)15-8-5-4-6-9-15/h4-6,8-9,14,16H,7,10-13,18H2,1-3H3,(H,19,21). The molecule has 21 heavy (non-hydrogen) atoms. The van der Waals surface area contributed by atoms with Gasteiger partial charge in [-0.3, -0.25) is 4.79 Å². The van der Waals surface area contributed by atoms with Crippen molar-refractivity contribution in [2.45, 2.75) is 45.2 Å². The summed E-state index contributed by atoms with van der Waals surface area (Å²) in [5.74, 6) is 0.0913. The van der Waals surface area contributed by atoms with E-state index in [1.807, 2.05) is 30.3 Å². The first-order chi connectivity index (χ1) is 10.0. The maximum absolute atomic E-state index is 11.8. The fourth-order valence-corrected chi connectivity index (χ4v) is 2.06. The van der Waals surface area contributed by atoms with Crippen molar-refractivity contribution in [2.24, 2.45) is 5.73 Å². The van der Waals surface area contributed by atoms with E-state index in [4.69, 9.17) is 5.73 Å². The van der Waals surface area contributed by atoms with Gasteiger partial charge in [0.25, 0.3) is 0 Å². The number of nitrogens with zero attached hydrogens (tertiary/aromatic N) is 1. The van der Waals surface area contributed by atoms with Crippen LogP contribution in [-0.2, 0) is 4.79 Å². The van der Waals surface area contributed by atoms with E-state index in [1.165, 1.54) is 0 Å². The van der Waals surface area contributed by atoms with Gasteiger partial charge in [0, 0.05) is 25.0 Å². The van der Waals surface area contributed by atoms with Crippen molar-refractivity contribution in [3.05, 3.63) is 35.9 Å². The number of hydrogen-bond acceptors (Lipinski definition) is 3. The molecule has 1 rings (SSSR count). The Morgan fingerprint density at radius 1 is 1.29 bits per heavy atom. The molecule has 118 valence electrons. The van der Waals surface area contributed by atoms with Gasteiger partial charge in [0.05, 0.1) is 0 Å². The zero-order chi connectivity index (χ0) is 15.7. The molecule has 0 aliphatic rings. The van der Waals surface area contributed by atoms with Crippen LogP contribution in [0.1, 0.15) is 44.7 Å². The second kappa shape index (κ2) is 9.53. The van der Waals surface area contributed by atoms with Crippen LogP contribution in [0.25, 0.3) is 0 Å². The maximum Gasteiger partial charge on any atom is 0.220 e. The molecule has 1 unspecified atom stereocenters. The first-order valence-corrected chi connectivity index (χ1v) is 7.78. The van der Waals surface area contributed by atoms with Gasteiger partial charge in [-0.1, -0.05) is 30.3 Å². The number of nitrogens with one attached hydrogen (secondary N) is 1. The number of amides is 1. The van der Waals surface area contributed by atoms with Crippen LogP contribution in [-0.4, -0.2) is 37.0 Å². The van der Waals surface area contributed by atoms with Crippen molar-refractivity contribution in [2.75, 3.05) is 20.1 Å². The lowest BCUT2D eigenvalue weighted by molar-refractivity contribution is -0.121. The lowest BCUT2D eigenvalue weighted by Gasteiger charge is -2.20. The van der Waals surface area contributed by atoms with Crippen LogP contribution in [0.15, 0.2) is 30.3 Å². The smallest absolute Gasteiger partial charge is 0.220 e. The summed E-state index contributed by atoms with van der Waals surface area (Å²) in [6.07, 6.45) is 2.14. The molecular formula is C17H29N3O. The predicted molar refractivity (Wildman–Crippen MR) is 88.0 cm³/mol. The van der Waals surface area contributed by atoms with Crippen molar-refractivity contribution in [3.63, 3.8) is 0 Å². The second-order valence-corrected chi connectivity index (χ2v) is 5.83. The largest absolute Gasteiger partial charge is 0.356 e. The number of rotatable bonds is 9. The van der Waals surface area contributed by atoms with Crippen molar-refractivity contribution < 1.29 is 4.79 Å². The number of hydrogen-bond donors (Lipinski definition) is 2. The molecule has 1 atom stereocenters. The van der Waals surface area contributed by atoms with Gasteiger partial charge in [0.1, 0.15) is 0 Å². The first-order valence-electron chi connectivity index (χ1n) is 7.78. The van der Waals surface area contributed by atoms with E-state index in [9.17, 15) is 4.79 Å². The lowest BCUT2D eigenvalue weighted by atomic mass is 10.0.